The number of aryl methyl sites for hydroxylation is 1. The van der Waals surface area contributed by atoms with Crippen molar-refractivity contribution < 1.29 is 5.11 Å². The molecule has 3 aromatic rings. The van der Waals surface area contributed by atoms with Crippen LogP contribution in [0.4, 0.5) is 0 Å². The Bertz CT molecular complexity index is 766. The molecule has 0 aliphatic heterocycles. The first-order chi connectivity index (χ1) is 9.06. The van der Waals surface area contributed by atoms with Crippen LogP contribution in [0.15, 0.2) is 30.3 Å². The second-order valence-electron chi connectivity index (χ2n) is 4.14. The molecular weight excluding hydrogens is 285 g/mol. The minimum atomic E-state index is -0.107. The molecule has 2 heterocycles. The van der Waals surface area contributed by atoms with E-state index >= 15 is 0 Å². The van der Waals surface area contributed by atoms with E-state index in [4.69, 9.17) is 23.2 Å². The van der Waals surface area contributed by atoms with Crippen molar-refractivity contribution in [1.82, 2.24) is 14.6 Å². The molecule has 0 spiro atoms. The van der Waals surface area contributed by atoms with Gasteiger partial charge in [0.1, 0.15) is 5.02 Å². The second kappa shape index (κ2) is 4.40. The number of aromatic hydroxyl groups is 1. The van der Waals surface area contributed by atoms with Crippen molar-refractivity contribution in [1.29, 1.82) is 0 Å². The molecule has 0 bridgehead atoms. The topological polar surface area (TPSA) is 50.4 Å². The maximum atomic E-state index is 9.95. The van der Waals surface area contributed by atoms with Gasteiger partial charge in [0, 0.05) is 16.7 Å². The molecule has 0 fully saturated rings. The Morgan fingerprint density at radius 3 is 2.53 bits per heavy atom. The number of benzene rings is 1. The van der Waals surface area contributed by atoms with Crippen LogP contribution < -0.4 is 0 Å². The summed E-state index contributed by atoms with van der Waals surface area (Å²) >= 11 is 11.8. The van der Waals surface area contributed by atoms with Gasteiger partial charge in [-0.1, -0.05) is 35.3 Å². The highest BCUT2D eigenvalue weighted by molar-refractivity contribution is 6.32. The van der Waals surface area contributed by atoms with E-state index in [0.717, 1.165) is 5.56 Å². The fourth-order valence-electron chi connectivity index (χ4n) is 1.84. The number of fused-ring (bicyclic) bond motifs is 1. The summed E-state index contributed by atoms with van der Waals surface area (Å²) in [4.78, 5) is 4.28. The summed E-state index contributed by atoms with van der Waals surface area (Å²) in [5.41, 5.74) is 2.70. The van der Waals surface area contributed by atoms with Crippen molar-refractivity contribution in [2.45, 2.75) is 6.92 Å². The molecule has 0 amide bonds. The molecule has 0 radical (unpaired) electrons. The van der Waals surface area contributed by atoms with Gasteiger partial charge in [-0.05, 0) is 19.1 Å². The Balaban J connectivity index is 2.22. The smallest absolute Gasteiger partial charge is 0.235 e. The summed E-state index contributed by atoms with van der Waals surface area (Å²) in [5, 5.41) is 15.1. The largest absolute Gasteiger partial charge is 0.492 e. The summed E-state index contributed by atoms with van der Waals surface area (Å²) < 4.78 is 1.32. The highest BCUT2D eigenvalue weighted by Crippen LogP contribution is 2.28. The molecule has 0 aliphatic carbocycles. The van der Waals surface area contributed by atoms with Crippen LogP contribution in [0.2, 0.25) is 10.0 Å². The standard InChI is InChI=1S/C13H9Cl2N3O/c1-7-12(15)13(19)18-11(16-7)6-10(17-18)8-2-4-9(14)5-3-8/h2-6,19H,1H3. The van der Waals surface area contributed by atoms with Gasteiger partial charge < -0.3 is 5.11 Å². The molecule has 96 valence electrons. The lowest BCUT2D eigenvalue weighted by atomic mass is 10.2. The lowest BCUT2D eigenvalue weighted by Crippen LogP contribution is -1.95. The van der Waals surface area contributed by atoms with Crippen molar-refractivity contribution in [2.75, 3.05) is 0 Å². The number of hydrogen-bond donors (Lipinski definition) is 1. The lowest BCUT2D eigenvalue weighted by Gasteiger charge is -2.01. The zero-order valence-electron chi connectivity index (χ0n) is 9.93. The minimum absolute atomic E-state index is 0.107. The molecule has 0 unspecified atom stereocenters. The molecule has 0 saturated heterocycles. The Kier molecular flexibility index (Phi) is 2.84. The molecule has 1 aromatic carbocycles. The fraction of sp³-hybridized carbons (Fsp3) is 0.0769. The quantitative estimate of drug-likeness (QED) is 0.744. The van der Waals surface area contributed by atoms with Crippen LogP contribution in [0.5, 0.6) is 5.88 Å². The maximum Gasteiger partial charge on any atom is 0.235 e. The van der Waals surface area contributed by atoms with Crippen LogP contribution in [-0.4, -0.2) is 19.7 Å². The van der Waals surface area contributed by atoms with Gasteiger partial charge in [0.25, 0.3) is 0 Å². The molecular formula is C13H9Cl2N3O. The van der Waals surface area contributed by atoms with Crippen LogP contribution in [0, 0.1) is 6.92 Å². The van der Waals surface area contributed by atoms with Gasteiger partial charge in [0.2, 0.25) is 5.88 Å². The van der Waals surface area contributed by atoms with Gasteiger partial charge in [0.15, 0.2) is 5.65 Å². The van der Waals surface area contributed by atoms with E-state index in [1.165, 1.54) is 4.52 Å². The van der Waals surface area contributed by atoms with Crippen LogP contribution in [0.25, 0.3) is 16.9 Å². The molecule has 3 rings (SSSR count). The van der Waals surface area contributed by atoms with E-state index in [1.54, 1.807) is 25.1 Å². The summed E-state index contributed by atoms with van der Waals surface area (Å²) in [5.74, 6) is -0.107. The van der Waals surface area contributed by atoms with E-state index in [9.17, 15) is 5.11 Å². The number of hydrogen-bond acceptors (Lipinski definition) is 3. The summed E-state index contributed by atoms with van der Waals surface area (Å²) in [6, 6.07) is 9.07. The Labute approximate surface area is 119 Å². The number of rotatable bonds is 1. The monoisotopic (exact) mass is 293 g/mol. The van der Waals surface area contributed by atoms with Crippen molar-refractivity contribution >= 4 is 28.8 Å². The normalized spacial score (nSPS) is 11.1. The first-order valence-electron chi connectivity index (χ1n) is 5.57. The zero-order chi connectivity index (χ0) is 13.6. The van der Waals surface area contributed by atoms with Gasteiger partial charge in [-0.15, -0.1) is 0 Å². The van der Waals surface area contributed by atoms with Crippen LogP contribution in [-0.2, 0) is 0 Å². The maximum absolute atomic E-state index is 9.95. The predicted molar refractivity (Wildman–Crippen MR) is 74.8 cm³/mol. The van der Waals surface area contributed by atoms with Crippen molar-refractivity contribution in [3.05, 3.63) is 46.1 Å². The number of nitrogens with zero attached hydrogens (tertiary/aromatic N) is 3. The van der Waals surface area contributed by atoms with E-state index in [-0.39, 0.29) is 10.9 Å². The molecule has 4 nitrogen and oxygen atoms in total. The third-order valence-corrected chi connectivity index (χ3v) is 3.52. The molecule has 19 heavy (non-hydrogen) atoms. The third-order valence-electron chi connectivity index (χ3n) is 2.83. The Morgan fingerprint density at radius 2 is 1.84 bits per heavy atom. The first kappa shape index (κ1) is 12.3. The second-order valence-corrected chi connectivity index (χ2v) is 4.96. The Hall–Kier alpha value is -1.78. The van der Waals surface area contributed by atoms with Crippen molar-refractivity contribution in [2.24, 2.45) is 0 Å². The average molecular weight is 294 g/mol. The van der Waals surface area contributed by atoms with Crippen molar-refractivity contribution in [3.8, 4) is 17.1 Å². The molecule has 0 saturated carbocycles. The van der Waals surface area contributed by atoms with Crippen LogP contribution in [0.3, 0.4) is 0 Å². The van der Waals surface area contributed by atoms with Gasteiger partial charge in [-0.2, -0.15) is 9.61 Å². The number of aromatic nitrogens is 3. The van der Waals surface area contributed by atoms with Crippen molar-refractivity contribution in [3.63, 3.8) is 0 Å². The van der Waals surface area contributed by atoms with Gasteiger partial charge in [-0.25, -0.2) is 4.98 Å². The van der Waals surface area contributed by atoms with Gasteiger partial charge in [0.05, 0.1) is 11.4 Å². The van der Waals surface area contributed by atoms with Gasteiger partial charge >= 0.3 is 0 Å². The van der Waals surface area contributed by atoms with Gasteiger partial charge in [-0.3, -0.25) is 0 Å². The molecule has 1 N–H and O–H groups in total. The number of halogens is 2. The third kappa shape index (κ3) is 2.03. The average Bonchev–Trinajstić information content (AvgIpc) is 2.81. The van der Waals surface area contributed by atoms with Crippen LogP contribution in [0.1, 0.15) is 5.69 Å². The van der Waals surface area contributed by atoms with E-state index in [1.807, 2.05) is 12.1 Å². The lowest BCUT2D eigenvalue weighted by molar-refractivity contribution is 0.435. The molecule has 0 atom stereocenters. The molecule has 2 aromatic heterocycles. The van der Waals surface area contributed by atoms with Crippen LogP contribution >= 0.6 is 23.2 Å². The predicted octanol–water partition coefficient (Wildman–Crippen LogP) is 3.72. The summed E-state index contributed by atoms with van der Waals surface area (Å²) in [6.07, 6.45) is 0. The fourth-order valence-corrected chi connectivity index (χ4v) is 2.09. The highest BCUT2D eigenvalue weighted by atomic mass is 35.5. The SMILES string of the molecule is Cc1nc2cc(-c3ccc(Cl)cc3)nn2c(O)c1Cl. The van der Waals surface area contributed by atoms with E-state index in [2.05, 4.69) is 10.1 Å². The minimum Gasteiger partial charge on any atom is -0.492 e. The summed E-state index contributed by atoms with van der Waals surface area (Å²) in [7, 11) is 0. The van der Waals surface area contributed by atoms with E-state index in [0.29, 0.717) is 22.1 Å². The molecule has 6 heteroatoms. The van der Waals surface area contributed by atoms with E-state index < -0.39 is 0 Å². The molecule has 0 aliphatic rings. The first-order valence-corrected chi connectivity index (χ1v) is 6.32. The highest BCUT2D eigenvalue weighted by Gasteiger charge is 2.13. The summed E-state index contributed by atoms with van der Waals surface area (Å²) in [6.45, 7) is 1.73. The zero-order valence-corrected chi connectivity index (χ0v) is 11.4. The Morgan fingerprint density at radius 1 is 1.16 bits per heavy atom.